The molecule has 0 fully saturated rings. The molecule has 1 atom stereocenters. The number of carbonyl (C=O) groups is 2. The van der Waals surface area contributed by atoms with E-state index in [4.69, 9.17) is 14.2 Å². The first-order valence-electron chi connectivity index (χ1n) is 12.2. The van der Waals surface area contributed by atoms with Crippen molar-refractivity contribution < 1.29 is 32.2 Å². The predicted molar refractivity (Wildman–Crippen MR) is 152 cm³/mol. The van der Waals surface area contributed by atoms with Crippen LogP contribution >= 0.6 is 0 Å². The van der Waals surface area contributed by atoms with Gasteiger partial charge >= 0.3 is 0 Å². The highest BCUT2D eigenvalue weighted by molar-refractivity contribution is 7.92. The maximum Gasteiger partial charge on any atom is 0.260 e. The zero-order valence-corrected chi connectivity index (χ0v) is 23.5. The molecule has 40 heavy (non-hydrogen) atoms. The molecule has 0 saturated carbocycles. The van der Waals surface area contributed by atoms with Gasteiger partial charge in [-0.05, 0) is 54.4 Å². The lowest BCUT2D eigenvalue weighted by molar-refractivity contribution is -0.123. The summed E-state index contributed by atoms with van der Waals surface area (Å²) in [7, 11) is -1.00. The number of amides is 2. The number of ether oxygens (including phenoxy) is 3. The van der Waals surface area contributed by atoms with Gasteiger partial charge in [-0.2, -0.15) is 5.10 Å². The number of methoxy groups -OCH3 is 2. The van der Waals surface area contributed by atoms with E-state index in [9.17, 15) is 18.0 Å². The fourth-order valence-corrected chi connectivity index (χ4v) is 4.48. The first-order valence-corrected chi connectivity index (χ1v) is 14.0. The van der Waals surface area contributed by atoms with Crippen LogP contribution in [0.1, 0.15) is 24.1 Å². The van der Waals surface area contributed by atoms with Crippen LogP contribution in [0.4, 0.5) is 5.69 Å². The Balaban J connectivity index is 1.53. The minimum absolute atomic E-state index is 0.143. The van der Waals surface area contributed by atoms with E-state index in [1.54, 1.807) is 36.4 Å². The Morgan fingerprint density at radius 1 is 0.950 bits per heavy atom. The topological polar surface area (TPSA) is 136 Å². The van der Waals surface area contributed by atoms with E-state index >= 15 is 0 Å². The summed E-state index contributed by atoms with van der Waals surface area (Å²) < 4.78 is 41.8. The monoisotopic (exact) mass is 568 g/mol. The zero-order chi connectivity index (χ0) is 29.1. The second-order valence-electron chi connectivity index (χ2n) is 8.66. The normalized spacial score (nSPS) is 11.9. The van der Waals surface area contributed by atoms with Crippen molar-refractivity contribution in [2.45, 2.75) is 13.0 Å². The number of nitrogens with one attached hydrogen (secondary N) is 2. The molecule has 2 amide bonds. The molecule has 0 heterocycles. The smallest absolute Gasteiger partial charge is 0.260 e. The molecule has 3 aromatic rings. The van der Waals surface area contributed by atoms with Crippen molar-refractivity contribution >= 4 is 33.7 Å². The molecule has 0 spiro atoms. The Kier molecular flexibility index (Phi) is 10.5. The van der Waals surface area contributed by atoms with Gasteiger partial charge < -0.3 is 19.5 Å². The third-order valence-corrected chi connectivity index (χ3v) is 6.80. The maximum atomic E-state index is 12.5. The Morgan fingerprint density at radius 2 is 1.62 bits per heavy atom. The number of nitrogens with zero attached hydrogens (tertiary/aromatic N) is 2. The Bertz CT molecular complexity index is 1430. The van der Waals surface area contributed by atoms with E-state index < -0.39 is 22.5 Å². The summed E-state index contributed by atoms with van der Waals surface area (Å²) in [6.07, 6.45) is 2.38. The van der Waals surface area contributed by atoms with Gasteiger partial charge in [0.25, 0.3) is 11.8 Å². The Labute approximate surface area is 233 Å². The van der Waals surface area contributed by atoms with Crippen LogP contribution in [0.2, 0.25) is 0 Å². The van der Waals surface area contributed by atoms with E-state index in [1.807, 2.05) is 37.3 Å². The number of hydrogen-bond donors (Lipinski definition) is 2. The molecule has 3 rings (SSSR count). The Morgan fingerprint density at radius 3 is 2.25 bits per heavy atom. The summed E-state index contributed by atoms with van der Waals surface area (Å²) >= 11 is 0. The highest BCUT2D eigenvalue weighted by Gasteiger charge is 2.24. The summed E-state index contributed by atoms with van der Waals surface area (Å²) in [6.45, 7) is 1.22. The molecule has 0 radical (unpaired) electrons. The molecular formula is C28H32N4O7S. The number of hydrazone groups is 1. The third kappa shape index (κ3) is 8.73. The van der Waals surface area contributed by atoms with Crippen LogP contribution in [0.25, 0.3) is 0 Å². The van der Waals surface area contributed by atoms with Crippen LogP contribution in [0.5, 0.6) is 17.2 Å². The van der Waals surface area contributed by atoms with Crippen LogP contribution < -0.4 is 29.3 Å². The molecule has 0 unspecified atom stereocenters. The average Bonchev–Trinajstić information content (AvgIpc) is 2.95. The van der Waals surface area contributed by atoms with E-state index in [1.165, 1.54) is 26.5 Å². The van der Waals surface area contributed by atoms with Gasteiger partial charge in [-0.1, -0.05) is 30.3 Å². The molecular weight excluding hydrogens is 536 g/mol. The minimum Gasteiger partial charge on any atom is -0.497 e. The first-order chi connectivity index (χ1) is 19.1. The second kappa shape index (κ2) is 14.0. The van der Waals surface area contributed by atoms with Crippen molar-refractivity contribution in [3.05, 3.63) is 83.9 Å². The number of sulfonamides is 1. The lowest BCUT2D eigenvalue weighted by Crippen LogP contribution is -2.39. The summed E-state index contributed by atoms with van der Waals surface area (Å²) in [4.78, 5) is 24.7. The second-order valence-corrected chi connectivity index (χ2v) is 10.6. The van der Waals surface area contributed by atoms with Crippen LogP contribution in [-0.4, -0.2) is 60.1 Å². The number of hydrogen-bond acceptors (Lipinski definition) is 8. The largest absolute Gasteiger partial charge is 0.497 e. The fourth-order valence-electron chi connectivity index (χ4n) is 3.62. The highest BCUT2D eigenvalue weighted by atomic mass is 32.2. The molecule has 212 valence electrons. The van der Waals surface area contributed by atoms with E-state index in [2.05, 4.69) is 15.8 Å². The molecule has 0 saturated heterocycles. The molecule has 0 aromatic heterocycles. The van der Waals surface area contributed by atoms with Gasteiger partial charge in [0.2, 0.25) is 10.0 Å². The van der Waals surface area contributed by atoms with Crippen molar-refractivity contribution in [3.8, 4) is 17.2 Å². The van der Waals surface area contributed by atoms with Crippen molar-refractivity contribution in [1.82, 2.24) is 10.7 Å². The van der Waals surface area contributed by atoms with Crippen LogP contribution in [0.15, 0.2) is 77.9 Å². The van der Waals surface area contributed by atoms with E-state index in [-0.39, 0.29) is 30.0 Å². The molecule has 0 aliphatic heterocycles. The maximum absolute atomic E-state index is 12.5. The Hall–Kier alpha value is -4.58. The van der Waals surface area contributed by atoms with Crippen molar-refractivity contribution in [1.29, 1.82) is 0 Å². The van der Waals surface area contributed by atoms with Gasteiger partial charge in [0.1, 0.15) is 23.8 Å². The SMILES string of the molecule is COc1ccc(OC)c(N(CC(=O)N/N=C\c2ccc(OCC(=O)N[C@H](C)c3ccccc3)cc2)S(C)(=O)=O)c1. The van der Waals surface area contributed by atoms with E-state index in [0.29, 0.717) is 17.1 Å². The van der Waals surface area contributed by atoms with Crippen LogP contribution in [0, 0.1) is 0 Å². The van der Waals surface area contributed by atoms with Crippen LogP contribution in [-0.2, 0) is 19.6 Å². The summed E-state index contributed by atoms with van der Waals surface area (Å²) in [5, 5.41) is 6.79. The third-order valence-electron chi connectivity index (χ3n) is 5.67. The average molecular weight is 569 g/mol. The summed E-state index contributed by atoms with van der Waals surface area (Å²) in [5.41, 5.74) is 4.12. The van der Waals surface area contributed by atoms with Crippen molar-refractivity contribution in [2.75, 3.05) is 37.9 Å². The van der Waals surface area contributed by atoms with Gasteiger partial charge in [0.15, 0.2) is 6.61 Å². The standard InChI is InChI=1S/C28H32N4O7S/c1-20(22-8-6-5-7-9-22)30-28(34)19-39-23-12-10-21(11-13-23)17-29-31-27(33)18-32(40(4,35)36)25-16-24(37-2)14-15-26(25)38-3/h5-17,20H,18-19H2,1-4H3,(H,30,34)(H,31,33)/b29-17-/t20-/m1/s1. The lowest BCUT2D eigenvalue weighted by Gasteiger charge is -2.23. The van der Waals surface area contributed by atoms with Crippen LogP contribution in [0.3, 0.4) is 0 Å². The van der Waals surface area contributed by atoms with Crippen molar-refractivity contribution in [3.63, 3.8) is 0 Å². The lowest BCUT2D eigenvalue weighted by atomic mass is 10.1. The first kappa shape index (κ1) is 30.0. The molecule has 0 bridgehead atoms. The quantitative estimate of drug-likeness (QED) is 0.239. The summed E-state index contributed by atoms with van der Waals surface area (Å²) in [6, 6.07) is 20.8. The van der Waals surface area contributed by atoms with Gasteiger partial charge in [-0.25, -0.2) is 13.8 Å². The predicted octanol–water partition coefficient (Wildman–Crippen LogP) is 2.88. The number of benzene rings is 3. The minimum atomic E-state index is -3.84. The highest BCUT2D eigenvalue weighted by Crippen LogP contribution is 2.33. The van der Waals surface area contributed by atoms with Gasteiger partial charge in [0, 0.05) is 6.07 Å². The van der Waals surface area contributed by atoms with Gasteiger partial charge in [-0.15, -0.1) is 0 Å². The molecule has 0 aliphatic rings. The fraction of sp³-hybridized carbons (Fsp3) is 0.250. The van der Waals surface area contributed by atoms with E-state index in [0.717, 1.165) is 16.1 Å². The molecule has 2 N–H and O–H groups in total. The molecule has 12 heteroatoms. The zero-order valence-electron chi connectivity index (χ0n) is 22.7. The molecule has 0 aliphatic carbocycles. The van der Waals surface area contributed by atoms with Gasteiger partial charge in [0.05, 0.1) is 38.4 Å². The van der Waals surface area contributed by atoms with Crippen molar-refractivity contribution in [2.24, 2.45) is 5.10 Å². The number of carbonyl (C=O) groups excluding carboxylic acids is 2. The number of anilines is 1. The molecule has 11 nitrogen and oxygen atoms in total. The van der Waals surface area contributed by atoms with Gasteiger partial charge in [-0.3, -0.25) is 13.9 Å². The summed E-state index contributed by atoms with van der Waals surface area (Å²) in [5.74, 6) is 0.229. The molecule has 3 aromatic carbocycles. The number of rotatable bonds is 13.